The number of benzene rings is 1. The predicted molar refractivity (Wildman–Crippen MR) is 144 cm³/mol. The van der Waals surface area contributed by atoms with Gasteiger partial charge in [-0.3, -0.25) is 9.59 Å². The van der Waals surface area contributed by atoms with E-state index in [1.54, 1.807) is 25.7 Å². The van der Waals surface area contributed by atoms with E-state index >= 15 is 0 Å². The zero-order valence-corrected chi connectivity index (χ0v) is 24.0. The zero-order chi connectivity index (χ0) is 27.4. The minimum Gasteiger partial charge on any atom is -0.444 e. The first-order valence-corrected chi connectivity index (χ1v) is 13.2. The van der Waals surface area contributed by atoms with E-state index in [1.807, 2.05) is 66.7 Å². The lowest BCUT2D eigenvalue weighted by Gasteiger charge is -2.44. The average Bonchev–Trinajstić information content (AvgIpc) is 2.65. The van der Waals surface area contributed by atoms with Crippen molar-refractivity contribution in [3.8, 4) is 0 Å². The van der Waals surface area contributed by atoms with Crippen LogP contribution in [-0.2, 0) is 14.3 Å². The van der Waals surface area contributed by atoms with E-state index in [9.17, 15) is 14.4 Å². The standard InChI is InChI=1S/C29H47N3O4/c1-18(2)17-23(30-27(35)36-29(8,9)10)26(34)32(21-14-12-15-21)24(25(33)31-28(5,6)7)22-16-11-13-19(3)20(22)4/h11,13,16,18,21,23-24H,12,14-15,17H2,1-10H3,(H,30,35)(H,31,33). The molecular weight excluding hydrogens is 454 g/mol. The van der Waals surface area contributed by atoms with Crippen molar-refractivity contribution in [2.45, 2.75) is 124 Å². The molecule has 0 aromatic heterocycles. The van der Waals surface area contributed by atoms with Crippen molar-refractivity contribution < 1.29 is 19.1 Å². The van der Waals surface area contributed by atoms with E-state index in [-0.39, 0.29) is 23.8 Å². The van der Waals surface area contributed by atoms with Gasteiger partial charge in [0.1, 0.15) is 17.7 Å². The third-order valence-corrected chi connectivity index (χ3v) is 6.38. The fourth-order valence-corrected chi connectivity index (χ4v) is 4.43. The van der Waals surface area contributed by atoms with Gasteiger partial charge in [-0.2, -0.15) is 0 Å². The smallest absolute Gasteiger partial charge is 0.408 e. The van der Waals surface area contributed by atoms with Crippen LogP contribution in [0.1, 0.15) is 104 Å². The summed E-state index contributed by atoms with van der Waals surface area (Å²) in [6.45, 7) is 19.2. The van der Waals surface area contributed by atoms with Gasteiger partial charge in [-0.15, -0.1) is 0 Å². The molecular formula is C29H47N3O4. The van der Waals surface area contributed by atoms with E-state index in [1.165, 1.54) is 0 Å². The highest BCUT2D eigenvalue weighted by atomic mass is 16.6. The predicted octanol–water partition coefficient (Wildman–Crippen LogP) is 5.58. The van der Waals surface area contributed by atoms with Gasteiger partial charge in [-0.25, -0.2) is 4.79 Å². The summed E-state index contributed by atoms with van der Waals surface area (Å²) >= 11 is 0. The quantitative estimate of drug-likeness (QED) is 0.487. The molecule has 2 atom stereocenters. The van der Waals surface area contributed by atoms with Crippen LogP contribution in [0.3, 0.4) is 0 Å². The number of nitrogens with one attached hydrogen (secondary N) is 2. The van der Waals surface area contributed by atoms with E-state index < -0.39 is 29.3 Å². The number of aryl methyl sites for hydroxylation is 1. The summed E-state index contributed by atoms with van der Waals surface area (Å²) in [5.41, 5.74) is 1.72. The van der Waals surface area contributed by atoms with Gasteiger partial charge in [0, 0.05) is 11.6 Å². The van der Waals surface area contributed by atoms with Crippen molar-refractivity contribution in [2.24, 2.45) is 5.92 Å². The number of amides is 3. The Kier molecular flexibility index (Phi) is 9.60. The van der Waals surface area contributed by atoms with Gasteiger partial charge in [0.15, 0.2) is 0 Å². The van der Waals surface area contributed by atoms with Crippen molar-refractivity contribution in [3.63, 3.8) is 0 Å². The Morgan fingerprint density at radius 1 is 1.06 bits per heavy atom. The SMILES string of the molecule is Cc1cccc(C(C(=O)NC(C)(C)C)N(C(=O)C(CC(C)C)NC(=O)OC(C)(C)C)C2CCC2)c1C. The fourth-order valence-electron chi connectivity index (χ4n) is 4.43. The minimum absolute atomic E-state index is 0.0665. The summed E-state index contributed by atoms with van der Waals surface area (Å²) in [4.78, 5) is 42.6. The Balaban J connectivity index is 2.57. The van der Waals surface area contributed by atoms with Gasteiger partial charge >= 0.3 is 6.09 Å². The fraction of sp³-hybridized carbons (Fsp3) is 0.690. The van der Waals surface area contributed by atoms with Crippen LogP contribution in [0.4, 0.5) is 4.79 Å². The summed E-state index contributed by atoms with van der Waals surface area (Å²) in [5.74, 6) is -0.300. The molecule has 3 amide bonds. The molecule has 1 saturated carbocycles. The molecule has 36 heavy (non-hydrogen) atoms. The highest BCUT2D eigenvalue weighted by Gasteiger charge is 2.43. The molecule has 0 radical (unpaired) electrons. The number of alkyl carbamates (subject to hydrolysis) is 1. The van der Waals surface area contributed by atoms with Crippen molar-refractivity contribution in [1.29, 1.82) is 0 Å². The van der Waals surface area contributed by atoms with Crippen LogP contribution >= 0.6 is 0 Å². The molecule has 2 unspecified atom stereocenters. The molecule has 1 aromatic rings. The number of hydrogen-bond donors (Lipinski definition) is 2. The molecule has 1 aliphatic rings. The van der Waals surface area contributed by atoms with Crippen molar-refractivity contribution in [2.75, 3.05) is 0 Å². The molecule has 0 heterocycles. The summed E-state index contributed by atoms with van der Waals surface area (Å²) in [6, 6.07) is 4.23. The lowest BCUT2D eigenvalue weighted by Crippen LogP contribution is -2.59. The highest BCUT2D eigenvalue weighted by molar-refractivity contribution is 5.93. The first-order valence-electron chi connectivity index (χ1n) is 13.2. The number of carbonyl (C=O) groups excluding carboxylic acids is 3. The topological polar surface area (TPSA) is 87.7 Å². The van der Waals surface area contributed by atoms with Crippen LogP contribution in [0.2, 0.25) is 0 Å². The third kappa shape index (κ3) is 8.24. The first kappa shape index (κ1) is 29.7. The van der Waals surface area contributed by atoms with E-state index in [4.69, 9.17) is 4.74 Å². The molecule has 2 rings (SSSR count). The monoisotopic (exact) mass is 501 g/mol. The second-order valence-corrected chi connectivity index (χ2v) is 12.6. The average molecular weight is 502 g/mol. The summed E-state index contributed by atoms with van der Waals surface area (Å²) < 4.78 is 5.47. The van der Waals surface area contributed by atoms with Gasteiger partial charge in [0.05, 0.1) is 0 Å². The molecule has 2 N–H and O–H groups in total. The lowest BCUT2D eigenvalue weighted by atomic mass is 9.86. The van der Waals surface area contributed by atoms with Gasteiger partial charge in [0.25, 0.3) is 0 Å². The Labute approximate surface area is 217 Å². The van der Waals surface area contributed by atoms with Crippen LogP contribution < -0.4 is 10.6 Å². The lowest BCUT2D eigenvalue weighted by molar-refractivity contribution is -0.148. The van der Waals surface area contributed by atoms with Crippen molar-refractivity contribution in [1.82, 2.24) is 15.5 Å². The molecule has 0 saturated heterocycles. The summed E-state index contributed by atoms with van der Waals surface area (Å²) in [6.07, 6.45) is 2.48. The van der Waals surface area contributed by atoms with Gasteiger partial charge < -0.3 is 20.3 Å². The Hall–Kier alpha value is -2.57. The van der Waals surface area contributed by atoms with Gasteiger partial charge in [-0.05, 0) is 104 Å². The van der Waals surface area contributed by atoms with Gasteiger partial charge in [-0.1, -0.05) is 32.0 Å². The first-order chi connectivity index (χ1) is 16.5. The normalized spacial score (nSPS) is 16.1. The molecule has 7 nitrogen and oxygen atoms in total. The second kappa shape index (κ2) is 11.7. The summed E-state index contributed by atoms with van der Waals surface area (Å²) in [5, 5.41) is 5.93. The molecule has 1 fully saturated rings. The highest BCUT2D eigenvalue weighted by Crippen LogP contribution is 2.36. The van der Waals surface area contributed by atoms with E-state index in [0.29, 0.717) is 6.42 Å². The number of rotatable bonds is 8. The molecule has 202 valence electrons. The Morgan fingerprint density at radius 2 is 1.67 bits per heavy atom. The van der Waals surface area contributed by atoms with Crippen LogP contribution in [-0.4, -0.2) is 46.0 Å². The molecule has 0 spiro atoms. The molecule has 1 aliphatic carbocycles. The van der Waals surface area contributed by atoms with Crippen LogP contribution in [0.15, 0.2) is 18.2 Å². The maximum atomic E-state index is 14.3. The van der Waals surface area contributed by atoms with Crippen LogP contribution in [0.5, 0.6) is 0 Å². The number of nitrogens with zero attached hydrogens (tertiary/aromatic N) is 1. The van der Waals surface area contributed by atoms with E-state index in [0.717, 1.165) is 36.0 Å². The molecule has 0 bridgehead atoms. The maximum Gasteiger partial charge on any atom is 0.408 e. The van der Waals surface area contributed by atoms with Gasteiger partial charge in [0.2, 0.25) is 11.8 Å². The second-order valence-electron chi connectivity index (χ2n) is 12.6. The Morgan fingerprint density at radius 3 is 2.14 bits per heavy atom. The largest absolute Gasteiger partial charge is 0.444 e. The molecule has 7 heteroatoms. The molecule has 1 aromatic carbocycles. The maximum absolute atomic E-state index is 14.3. The zero-order valence-electron chi connectivity index (χ0n) is 24.0. The molecule has 0 aliphatic heterocycles. The van der Waals surface area contributed by atoms with Crippen molar-refractivity contribution in [3.05, 3.63) is 34.9 Å². The number of ether oxygens (including phenoxy) is 1. The van der Waals surface area contributed by atoms with Crippen LogP contribution in [0, 0.1) is 19.8 Å². The van der Waals surface area contributed by atoms with Crippen molar-refractivity contribution >= 4 is 17.9 Å². The number of hydrogen-bond acceptors (Lipinski definition) is 4. The minimum atomic E-state index is -0.796. The third-order valence-electron chi connectivity index (χ3n) is 6.38. The van der Waals surface area contributed by atoms with Crippen LogP contribution in [0.25, 0.3) is 0 Å². The van der Waals surface area contributed by atoms with E-state index in [2.05, 4.69) is 10.6 Å². The summed E-state index contributed by atoms with van der Waals surface area (Å²) in [7, 11) is 0. The Bertz CT molecular complexity index is 939. The number of carbonyl (C=O) groups is 3.